The molecule has 5 rings (SSSR count). The van der Waals surface area contributed by atoms with Crippen LogP contribution in [0.5, 0.6) is 0 Å². The van der Waals surface area contributed by atoms with Crippen molar-refractivity contribution >= 4 is 47.0 Å². The van der Waals surface area contributed by atoms with E-state index in [4.69, 9.17) is 9.47 Å². The standard InChI is InChI=1S/C32H35N5O11S/c1-17-26-25(18(2)38)30(40)35(26)27(31(41)47-15-19-5-9-21(10-6-19)36(43)44)28(17)49-23-13-24(29(39)33(3)4)34(14-23)32(42)48-16-20-7-11-22(12-8-20)37(45)46/h5-12,17-18,23-26,38H,13-16H2,1-4H3/t17-,18-,23+,24+,25?,26-/m1/s1. The Labute approximate surface area is 284 Å². The summed E-state index contributed by atoms with van der Waals surface area (Å²) in [5, 5.41) is 31.9. The van der Waals surface area contributed by atoms with Crippen molar-refractivity contribution in [3.05, 3.63) is 90.5 Å². The Balaban J connectivity index is 1.35. The van der Waals surface area contributed by atoms with E-state index in [1.54, 1.807) is 14.1 Å². The minimum absolute atomic E-state index is 0.0287. The zero-order valence-electron chi connectivity index (χ0n) is 27.1. The predicted molar refractivity (Wildman–Crippen MR) is 173 cm³/mol. The number of fused-ring (bicyclic) bond motifs is 1. The van der Waals surface area contributed by atoms with Gasteiger partial charge in [-0.15, -0.1) is 11.8 Å². The number of benzene rings is 2. The van der Waals surface area contributed by atoms with Crippen molar-refractivity contribution in [1.82, 2.24) is 14.7 Å². The number of non-ortho nitro benzene ring substituents is 2. The number of rotatable bonds is 11. The molecule has 0 aromatic heterocycles. The van der Waals surface area contributed by atoms with Gasteiger partial charge >= 0.3 is 12.1 Å². The maximum atomic E-state index is 13.6. The third kappa shape index (κ3) is 7.07. The number of carbonyl (C=O) groups is 4. The van der Waals surface area contributed by atoms with E-state index in [2.05, 4.69) is 0 Å². The number of carbonyl (C=O) groups excluding carboxylic acids is 4. The summed E-state index contributed by atoms with van der Waals surface area (Å²) in [4.78, 5) is 78.8. The molecule has 16 nitrogen and oxygen atoms in total. The SMILES string of the molecule is C[C@@H](O)C1C(=O)N2C(C(=O)OCc3ccc([N+](=O)[O-])cc3)=C(S[C@H]3C[C@@H](C(=O)N(C)C)N(C(=O)OCc4ccc([N+](=O)[O-])cc4)C3)[C@H](C)[C@H]12. The molecule has 1 N–H and O–H groups in total. The van der Waals surface area contributed by atoms with Gasteiger partial charge in [0.05, 0.1) is 27.9 Å². The highest BCUT2D eigenvalue weighted by Gasteiger charge is 2.60. The monoisotopic (exact) mass is 697 g/mol. The molecule has 2 saturated heterocycles. The van der Waals surface area contributed by atoms with Gasteiger partial charge in [-0.1, -0.05) is 6.92 Å². The Morgan fingerprint density at radius 2 is 1.51 bits per heavy atom. The van der Waals surface area contributed by atoms with E-state index in [1.165, 1.54) is 81.9 Å². The summed E-state index contributed by atoms with van der Waals surface area (Å²) in [6.07, 6.45) is -1.51. The normalized spacial score (nSPS) is 23.4. The van der Waals surface area contributed by atoms with Crippen LogP contribution in [0.1, 0.15) is 31.4 Å². The van der Waals surface area contributed by atoms with Crippen LogP contribution in [0, 0.1) is 32.1 Å². The van der Waals surface area contributed by atoms with E-state index >= 15 is 0 Å². The molecule has 17 heteroatoms. The summed E-state index contributed by atoms with van der Waals surface area (Å²) < 4.78 is 11.1. The van der Waals surface area contributed by atoms with Crippen LogP contribution >= 0.6 is 11.8 Å². The molecule has 0 spiro atoms. The Bertz CT molecular complexity index is 1700. The van der Waals surface area contributed by atoms with Gasteiger partial charge in [0.1, 0.15) is 25.0 Å². The molecule has 260 valence electrons. The number of likely N-dealkylation sites (tertiary alicyclic amines) is 1. The third-order valence-electron chi connectivity index (χ3n) is 8.85. The highest BCUT2D eigenvalue weighted by molar-refractivity contribution is 8.03. The van der Waals surface area contributed by atoms with Crippen molar-refractivity contribution in [2.75, 3.05) is 20.6 Å². The van der Waals surface area contributed by atoms with Gasteiger partial charge in [-0.2, -0.15) is 0 Å². The zero-order chi connectivity index (χ0) is 35.7. The molecule has 0 radical (unpaired) electrons. The predicted octanol–water partition coefficient (Wildman–Crippen LogP) is 3.22. The van der Waals surface area contributed by atoms with Gasteiger partial charge in [0, 0.05) is 61.0 Å². The molecule has 0 aliphatic carbocycles. The fourth-order valence-electron chi connectivity index (χ4n) is 6.34. The van der Waals surface area contributed by atoms with Crippen LogP contribution in [0.2, 0.25) is 0 Å². The molecule has 3 aliphatic heterocycles. The van der Waals surface area contributed by atoms with Gasteiger partial charge in [0.25, 0.3) is 11.4 Å². The quantitative estimate of drug-likeness (QED) is 0.156. The summed E-state index contributed by atoms with van der Waals surface area (Å²) in [5.74, 6) is -2.66. The lowest BCUT2D eigenvalue weighted by molar-refractivity contribution is -0.385. The Hall–Kier alpha value is -5.03. The van der Waals surface area contributed by atoms with Crippen molar-refractivity contribution in [2.24, 2.45) is 11.8 Å². The van der Waals surface area contributed by atoms with Gasteiger partial charge in [-0.25, -0.2) is 9.59 Å². The number of amides is 3. The smallest absolute Gasteiger partial charge is 0.410 e. The number of β-lactam (4-membered cyclic amide) rings is 1. The third-order valence-corrected chi connectivity index (χ3v) is 10.3. The molecular weight excluding hydrogens is 662 g/mol. The minimum atomic E-state index is -0.965. The Kier molecular flexibility index (Phi) is 10.2. The molecule has 3 heterocycles. The van der Waals surface area contributed by atoms with Crippen LogP contribution in [0.15, 0.2) is 59.1 Å². The molecule has 2 aromatic rings. The topological polar surface area (TPSA) is 203 Å². The molecular formula is C32H35N5O11S. The van der Waals surface area contributed by atoms with Crippen molar-refractivity contribution in [2.45, 2.75) is 56.9 Å². The fraction of sp³-hybridized carbons (Fsp3) is 0.438. The van der Waals surface area contributed by atoms with E-state index in [9.17, 15) is 44.5 Å². The summed E-state index contributed by atoms with van der Waals surface area (Å²) in [6, 6.07) is 9.66. The lowest BCUT2D eigenvalue weighted by Crippen LogP contribution is -2.63. The first-order valence-corrected chi connectivity index (χ1v) is 16.3. The first-order valence-electron chi connectivity index (χ1n) is 15.4. The minimum Gasteiger partial charge on any atom is -0.456 e. The highest BCUT2D eigenvalue weighted by Crippen LogP contribution is 2.52. The number of hydrogen-bond donors (Lipinski definition) is 1. The van der Waals surface area contributed by atoms with E-state index < -0.39 is 57.2 Å². The average Bonchev–Trinajstić information content (AvgIpc) is 3.59. The zero-order valence-corrected chi connectivity index (χ0v) is 27.9. The van der Waals surface area contributed by atoms with Crippen LogP contribution in [-0.2, 0) is 37.1 Å². The molecule has 6 atom stereocenters. The maximum absolute atomic E-state index is 13.6. The number of likely N-dealkylation sites (N-methyl/N-ethyl adjacent to an activating group) is 1. The van der Waals surface area contributed by atoms with Crippen molar-refractivity contribution in [3.8, 4) is 0 Å². The van der Waals surface area contributed by atoms with Crippen molar-refractivity contribution < 1.29 is 43.6 Å². The number of esters is 1. The molecule has 2 fully saturated rings. The number of aliphatic hydroxyl groups is 1. The van der Waals surface area contributed by atoms with E-state index in [-0.39, 0.29) is 55.1 Å². The Morgan fingerprint density at radius 1 is 0.980 bits per heavy atom. The number of ether oxygens (including phenoxy) is 2. The number of aliphatic hydroxyl groups excluding tert-OH is 1. The van der Waals surface area contributed by atoms with E-state index in [1.807, 2.05) is 6.92 Å². The maximum Gasteiger partial charge on any atom is 0.410 e. The molecule has 3 aliphatic rings. The van der Waals surface area contributed by atoms with Crippen LogP contribution in [-0.4, -0.2) is 97.6 Å². The summed E-state index contributed by atoms with van der Waals surface area (Å²) in [5.41, 5.74) is 0.814. The van der Waals surface area contributed by atoms with Crippen molar-refractivity contribution in [3.63, 3.8) is 0 Å². The molecule has 2 aromatic carbocycles. The number of nitro groups is 2. The number of hydrogen-bond acceptors (Lipinski definition) is 12. The van der Waals surface area contributed by atoms with Crippen LogP contribution in [0.3, 0.4) is 0 Å². The first kappa shape index (κ1) is 35.3. The molecule has 3 amide bonds. The average molecular weight is 698 g/mol. The second kappa shape index (κ2) is 14.2. The lowest BCUT2D eigenvalue weighted by Gasteiger charge is -2.46. The van der Waals surface area contributed by atoms with Crippen molar-refractivity contribution in [1.29, 1.82) is 0 Å². The second-order valence-electron chi connectivity index (χ2n) is 12.3. The first-order chi connectivity index (χ1) is 23.2. The number of thioether (sulfide) groups is 1. The van der Waals surface area contributed by atoms with Crippen LogP contribution in [0.4, 0.5) is 16.2 Å². The molecule has 0 saturated carbocycles. The summed E-state index contributed by atoms with van der Waals surface area (Å²) >= 11 is 1.27. The van der Waals surface area contributed by atoms with E-state index in [0.717, 1.165) is 0 Å². The summed E-state index contributed by atoms with van der Waals surface area (Å²) in [7, 11) is 3.13. The molecule has 49 heavy (non-hydrogen) atoms. The fourth-order valence-corrected chi connectivity index (χ4v) is 7.86. The van der Waals surface area contributed by atoms with Gasteiger partial charge in [0.2, 0.25) is 11.8 Å². The second-order valence-corrected chi connectivity index (χ2v) is 13.7. The van der Waals surface area contributed by atoms with Gasteiger partial charge in [-0.05, 0) is 48.7 Å². The van der Waals surface area contributed by atoms with Gasteiger partial charge < -0.3 is 24.4 Å². The van der Waals surface area contributed by atoms with Crippen LogP contribution in [0.25, 0.3) is 0 Å². The summed E-state index contributed by atoms with van der Waals surface area (Å²) in [6.45, 7) is 3.04. The highest BCUT2D eigenvalue weighted by atomic mass is 32.2. The Morgan fingerprint density at radius 3 is 2.00 bits per heavy atom. The molecule has 0 bridgehead atoms. The van der Waals surface area contributed by atoms with E-state index in [0.29, 0.717) is 16.0 Å². The largest absolute Gasteiger partial charge is 0.456 e. The lowest BCUT2D eigenvalue weighted by atomic mass is 9.79. The number of nitrogens with zero attached hydrogens (tertiary/aromatic N) is 5. The van der Waals surface area contributed by atoms with Crippen LogP contribution < -0.4 is 0 Å². The van der Waals surface area contributed by atoms with Gasteiger partial charge in [0.15, 0.2) is 0 Å². The number of nitro benzene ring substituents is 2. The molecule has 1 unspecified atom stereocenters. The van der Waals surface area contributed by atoms with Gasteiger partial charge in [-0.3, -0.25) is 34.7 Å².